The van der Waals surface area contributed by atoms with Gasteiger partial charge in [-0.2, -0.15) is 0 Å². The van der Waals surface area contributed by atoms with Crippen molar-refractivity contribution in [2.75, 3.05) is 7.05 Å². The highest BCUT2D eigenvalue weighted by Crippen LogP contribution is 2.29. The molecule has 3 aromatic rings. The standard InChI is InChI=1S/C18H16IN/c1-20-18(14-9-11-15(19)12-10-14)17-8-4-6-13-5-2-3-7-16(13)17/h2-12,18,20H,1H3. The summed E-state index contributed by atoms with van der Waals surface area (Å²) >= 11 is 2.34. The lowest BCUT2D eigenvalue weighted by atomic mass is 9.94. The highest BCUT2D eigenvalue weighted by Gasteiger charge is 2.14. The molecule has 0 heterocycles. The lowest BCUT2D eigenvalue weighted by Crippen LogP contribution is -2.17. The van der Waals surface area contributed by atoms with Gasteiger partial charge in [-0.1, -0.05) is 54.6 Å². The van der Waals surface area contributed by atoms with E-state index in [4.69, 9.17) is 0 Å². The summed E-state index contributed by atoms with van der Waals surface area (Å²) in [5.74, 6) is 0. The SMILES string of the molecule is CNC(c1ccc(I)cc1)c1cccc2ccccc12. The molecule has 3 rings (SSSR count). The maximum Gasteiger partial charge on any atom is 0.0580 e. The van der Waals surface area contributed by atoms with E-state index in [1.54, 1.807) is 0 Å². The number of nitrogens with one attached hydrogen (secondary N) is 1. The lowest BCUT2D eigenvalue weighted by molar-refractivity contribution is 0.697. The minimum Gasteiger partial charge on any atom is -0.309 e. The zero-order valence-electron chi connectivity index (χ0n) is 11.3. The highest BCUT2D eigenvalue weighted by atomic mass is 127. The first-order valence-electron chi connectivity index (χ1n) is 6.70. The van der Waals surface area contributed by atoms with Crippen molar-refractivity contribution in [3.05, 3.63) is 81.4 Å². The number of rotatable bonds is 3. The first-order chi connectivity index (χ1) is 9.79. The molecule has 20 heavy (non-hydrogen) atoms. The van der Waals surface area contributed by atoms with E-state index < -0.39 is 0 Å². The Hall–Kier alpha value is -1.39. The maximum atomic E-state index is 3.44. The van der Waals surface area contributed by atoms with E-state index in [1.165, 1.54) is 25.5 Å². The highest BCUT2D eigenvalue weighted by molar-refractivity contribution is 14.1. The molecule has 1 nitrogen and oxygen atoms in total. The van der Waals surface area contributed by atoms with Crippen molar-refractivity contribution in [3.63, 3.8) is 0 Å². The summed E-state index contributed by atoms with van der Waals surface area (Å²) < 4.78 is 1.26. The van der Waals surface area contributed by atoms with Gasteiger partial charge >= 0.3 is 0 Å². The van der Waals surface area contributed by atoms with E-state index in [2.05, 4.69) is 94.6 Å². The molecule has 100 valence electrons. The number of benzene rings is 3. The van der Waals surface area contributed by atoms with Crippen molar-refractivity contribution in [2.24, 2.45) is 0 Å². The molecule has 0 spiro atoms. The summed E-state index contributed by atoms with van der Waals surface area (Å²) in [5.41, 5.74) is 2.62. The lowest BCUT2D eigenvalue weighted by Gasteiger charge is -2.19. The quantitative estimate of drug-likeness (QED) is 0.654. The average Bonchev–Trinajstić information content (AvgIpc) is 2.50. The van der Waals surface area contributed by atoms with Gasteiger partial charge in [0.15, 0.2) is 0 Å². The Balaban J connectivity index is 2.14. The molecule has 0 aliphatic heterocycles. The smallest absolute Gasteiger partial charge is 0.0580 e. The zero-order chi connectivity index (χ0) is 13.9. The Labute approximate surface area is 133 Å². The number of hydrogen-bond acceptors (Lipinski definition) is 1. The van der Waals surface area contributed by atoms with Crippen molar-refractivity contribution < 1.29 is 0 Å². The molecule has 0 radical (unpaired) electrons. The Morgan fingerprint density at radius 2 is 1.55 bits per heavy atom. The van der Waals surface area contributed by atoms with Crippen LogP contribution in [0.2, 0.25) is 0 Å². The molecule has 0 amide bonds. The van der Waals surface area contributed by atoms with Crippen LogP contribution < -0.4 is 5.32 Å². The molecular weight excluding hydrogens is 357 g/mol. The summed E-state index contributed by atoms with van der Waals surface area (Å²) in [5, 5.41) is 6.04. The van der Waals surface area contributed by atoms with E-state index in [0.717, 1.165) is 0 Å². The number of fused-ring (bicyclic) bond motifs is 1. The van der Waals surface area contributed by atoms with Crippen LogP contribution in [0.1, 0.15) is 17.2 Å². The topological polar surface area (TPSA) is 12.0 Å². The molecule has 0 fully saturated rings. The average molecular weight is 373 g/mol. The van der Waals surface area contributed by atoms with Crippen LogP contribution in [0.15, 0.2) is 66.7 Å². The molecule has 0 saturated carbocycles. The molecular formula is C18H16IN. The second kappa shape index (κ2) is 5.94. The predicted octanol–water partition coefficient (Wildman–Crippen LogP) is 4.75. The third-order valence-electron chi connectivity index (χ3n) is 3.63. The molecule has 1 unspecified atom stereocenters. The number of halogens is 1. The third-order valence-corrected chi connectivity index (χ3v) is 4.35. The fourth-order valence-corrected chi connectivity index (χ4v) is 3.02. The van der Waals surface area contributed by atoms with Gasteiger partial charge in [0.25, 0.3) is 0 Å². The Morgan fingerprint density at radius 3 is 2.30 bits per heavy atom. The second-order valence-electron chi connectivity index (χ2n) is 4.84. The first-order valence-corrected chi connectivity index (χ1v) is 7.78. The van der Waals surface area contributed by atoms with E-state index in [9.17, 15) is 0 Å². The van der Waals surface area contributed by atoms with E-state index in [-0.39, 0.29) is 6.04 Å². The fraction of sp³-hybridized carbons (Fsp3) is 0.111. The summed E-state index contributed by atoms with van der Waals surface area (Å²) in [6, 6.07) is 24.0. The second-order valence-corrected chi connectivity index (χ2v) is 6.09. The first kappa shape index (κ1) is 13.6. The molecule has 3 aromatic carbocycles. The van der Waals surface area contributed by atoms with Crippen molar-refractivity contribution in [1.82, 2.24) is 5.32 Å². The van der Waals surface area contributed by atoms with Crippen molar-refractivity contribution >= 4 is 33.4 Å². The van der Waals surface area contributed by atoms with Gasteiger partial charge in [-0.15, -0.1) is 0 Å². The van der Waals surface area contributed by atoms with Crippen LogP contribution in [-0.4, -0.2) is 7.05 Å². The third kappa shape index (κ3) is 2.58. The van der Waals surface area contributed by atoms with Crippen LogP contribution in [0.25, 0.3) is 10.8 Å². The van der Waals surface area contributed by atoms with Crippen LogP contribution >= 0.6 is 22.6 Å². The zero-order valence-corrected chi connectivity index (χ0v) is 13.5. The minimum atomic E-state index is 0.220. The molecule has 2 heteroatoms. The molecule has 0 saturated heterocycles. The molecule has 1 N–H and O–H groups in total. The summed E-state index contributed by atoms with van der Waals surface area (Å²) in [6.07, 6.45) is 0. The summed E-state index contributed by atoms with van der Waals surface area (Å²) in [4.78, 5) is 0. The monoisotopic (exact) mass is 373 g/mol. The molecule has 0 aromatic heterocycles. The summed E-state index contributed by atoms with van der Waals surface area (Å²) in [7, 11) is 2.02. The molecule has 1 atom stereocenters. The maximum absolute atomic E-state index is 3.44. The largest absolute Gasteiger partial charge is 0.309 e. The molecule has 0 aliphatic carbocycles. The summed E-state index contributed by atoms with van der Waals surface area (Å²) in [6.45, 7) is 0. The van der Waals surface area contributed by atoms with Gasteiger partial charge in [0.1, 0.15) is 0 Å². The van der Waals surface area contributed by atoms with Gasteiger partial charge < -0.3 is 5.32 Å². The van der Waals surface area contributed by atoms with Crippen molar-refractivity contribution in [2.45, 2.75) is 6.04 Å². The Bertz CT molecular complexity index is 714. The van der Waals surface area contributed by atoms with Gasteiger partial charge in [-0.05, 0) is 63.7 Å². The fourth-order valence-electron chi connectivity index (χ4n) is 2.66. The molecule has 0 bridgehead atoms. The molecule has 0 aliphatic rings. The van der Waals surface area contributed by atoms with Crippen LogP contribution in [0, 0.1) is 3.57 Å². The van der Waals surface area contributed by atoms with Crippen molar-refractivity contribution in [1.29, 1.82) is 0 Å². The minimum absolute atomic E-state index is 0.220. The van der Waals surface area contributed by atoms with Crippen LogP contribution in [0.5, 0.6) is 0 Å². The van der Waals surface area contributed by atoms with Crippen LogP contribution in [-0.2, 0) is 0 Å². The van der Waals surface area contributed by atoms with Crippen LogP contribution in [0.4, 0.5) is 0 Å². The van der Waals surface area contributed by atoms with Gasteiger partial charge in [0.2, 0.25) is 0 Å². The van der Waals surface area contributed by atoms with E-state index in [1.807, 2.05) is 7.05 Å². The van der Waals surface area contributed by atoms with E-state index >= 15 is 0 Å². The Kier molecular flexibility index (Phi) is 4.03. The predicted molar refractivity (Wildman–Crippen MR) is 94.0 cm³/mol. The van der Waals surface area contributed by atoms with Gasteiger partial charge in [0.05, 0.1) is 6.04 Å². The van der Waals surface area contributed by atoms with Crippen molar-refractivity contribution in [3.8, 4) is 0 Å². The van der Waals surface area contributed by atoms with Gasteiger partial charge in [0, 0.05) is 3.57 Å². The van der Waals surface area contributed by atoms with Gasteiger partial charge in [-0.3, -0.25) is 0 Å². The Morgan fingerprint density at radius 1 is 0.850 bits per heavy atom. The van der Waals surface area contributed by atoms with Gasteiger partial charge in [-0.25, -0.2) is 0 Å². The number of hydrogen-bond donors (Lipinski definition) is 1. The van der Waals surface area contributed by atoms with E-state index in [0.29, 0.717) is 0 Å². The van der Waals surface area contributed by atoms with Crippen LogP contribution in [0.3, 0.4) is 0 Å². The normalized spacial score (nSPS) is 12.5.